The number of nitro groups is 3. The Bertz CT molecular complexity index is 1200. The Labute approximate surface area is 147 Å². The summed E-state index contributed by atoms with van der Waals surface area (Å²) in [6.07, 6.45) is 0. The molecule has 0 saturated heterocycles. The minimum absolute atomic E-state index is 0.113. The van der Waals surface area contributed by atoms with Gasteiger partial charge < -0.3 is 9.52 Å². The number of nitrogens with zero attached hydrogens (tertiary/aromatic N) is 3. The lowest BCUT2D eigenvalue weighted by Gasteiger charge is -2.05. The predicted molar refractivity (Wildman–Crippen MR) is 89.5 cm³/mol. The minimum atomic E-state index is -1.27. The summed E-state index contributed by atoms with van der Waals surface area (Å²) in [6.45, 7) is 0. The fourth-order valence-electron chi connectivity index (χ4n) is 2.51. The van der Waals surface area contributed by atoms with Crippen LogP contribution >= 0.6 is 0 Å². The number of fused-ring (bicyclic) bond motifs is 1. The third-order valence-electron chi connectivity index (χ3n) is 3.67. The Morgan fingerprint density at radius 3 is 2.22 bits per heavy atom. The lowest BCUT2D eigenvalue weighted by Crippen LogP contribution is -2.05. The molecule has 0 amide bonds. The topological polar surface area (TPSA) is 180 Å². The lowest BCUT2D eigenvalue weighted by molar-refractivity contribution is -0.395. The van der Waals surface area contributed by atoms with E-state index < -0.39 is 48.3 Å². The van der Waals surface area contributed by atoms with Gasteiger partial charge in [0.05, 0.1) is 20.8 Å². The minimum Gasteiger partial charge on any atom is -0.497 e. The lowest BCUT2D eigenvalue weighted by atomic mass is 10.1. The zero-order valence-corrected chi connectivity index (χ0v) is 13.0. The van der Waals surface area contributed by atoms with Crippen molar-refractivity contribution in [3.63, 3.8) is 0 Å². The standard InChI is InChI=1S/C15H7N3O9/c19-10-6-11(7-2-1-3-8(4-7)16(21)22)27-12-5-9(17(23)24)15(20)14(13(10)12)18(25)26/h1-6,20H. The molecule has 0 aliphatic carbocycles. The second-order valence-corrected chi connectivity index (χ2v) is 5.26. The number of phenolic OH excluding ortho intramolecular Hbond substituents is 1. The Morgan fingerprint density at radius 2 is 1.63 bits per heavy atom. The summed E-state index contributed by atoms with van der Waals surface area (Å²) in [7, 11) is 0. The van der Waals surface area contributed by atoms with Crippen LogP contribution in [0.4, 0.5) is 17.1 Å². The van der Waals surface area contributed by atoms with Gasteiger partial charge >= 0.3 is 11.4 Å². The van der Waals surface area contributed by atoms with Crippen molar-refractivity contribution in [2.24, 2.45) is 0 Å². The van der Waals surface area contributed by atoms with Crippen LogP contribution in [0.3, 0.4) is 0 Å². The third kappa shape index (κ3) is 2.90. The van der Waals surface area contributed by atoms with E-state index in [0.29, 0.717) is 6.07 Å². The van der Waals surface area contributed by atoms with Crippen LogP contribution in [-0.2, 0) is 0 Å². The number of rotatable bonds is 4. The van der Waals surface area contributed by atoms with Gasteiger partial charge in [-0.3, -0.25) is 35.1 Å². The highest BCUT2D eigenvalue weighted by atomic mass is 16.6. The van der Waals surface area contributed by atoms with Crippen LogP contribution in [0.1, 0.15) is 0 Å². The number of nitro benzene ring substituents is 3. The van der Waals surface area contributed by atoms with Crippen molar-refractivity contribution in [3.8, 4) is 17.1 Å². The molecule has 12 heteroatoms. The van der Waals surface area contributed by atoms with Crippen LogP contribution in [0.25, 0.3) is 22.3 Å². The number of phenols is 1. The fourth-order valence-corrected chi connectivity index (χ4v) is 2.51. The van der Waals surface area contributed by atoms with Crippen molar-refractivity contribution >= 4 is 28.0 Å². The molecule has 1 N–H and O–H groups in total. The average Bonchev–Trinajstić information content (AvgIpc) is 2.61. The molecule has 3 aromatic rings. The van der Waals surface area contributed by atoms with Crippen molar-refractivity contribution in [1.29, 1.82) is 0 Å². The van der Waals surface area contributed by atoms with Gasteiger partial charge in [-0.2, -0.15) is 0 Å². The molecule has 3 rings (SSSR count). The van der Waals surface area contributed by atoms with Crippen LogP contribution in [0.15, 0.2) is 45.6 Å². The molecule has 0 atom stereocenters. The summed E-state index contributed by atoms with van der Waals surface area (Å²) in [5, 5.41) is 42.3. The molecule has 136 valence electrons. The largest absolute Gasteiger partial charge is 0.497 e. The number of hydrogen-bond acceptors (Lipinski definition) is 9. The van der Waals surface area contributed by atoms with Crippen LogP contribution in [0.5, 0.6) is 5.75 Å². The van der Waals surface area contributed by atoms with E-state index in [1.54, 1.807) is 0 Å². The molecule has 0 aliphatic heterocycles. The van der Waals surface area contributed by atoms with Gasteiger partial charge in [-0.05, 0) is 0 Å². The molecule has 0 fully saturated rings. The maximum atomic E-state index is 12.4. The molecular formula is C15H7N3O9. The van der Waals surface area contributed by atoms with Gasteiger partial charge in [-0.25, -0.2) is 0 Å². The van der Waals surface area contributed by atoms with Crippen LogP contribution < -0.4 is 5.43 Å². The summed E-state index contributed by atoms with van der Waals surface area (Å²) in [4.78, 5) is 42.6. The molecule has 0 aliphatic rings. The highest BCUT2D eigenvalue weighted by molar-refractivity contribution is 5.93. The smallest absolute Gasteiger partial charge is 0.332 e. The second-order valence-electron chi connectivity index (χ2n) is 5.26. The second kappa shape index (κ2) is 6.18. The first kappa shape index (κ1) is 17.5. The van der Waals surface area contributed by atoms with Gasteiger partial charge in [-0.1, -0.05) is 12.1 Å². The maximum Gasteiger partial charge on any atom is 0.332 e. The zero-order valence-electron chi connectivity index (χ0n) is 13.0. The van der Waals surface area contributed by atoms with Crippen LogP contribution in [0.2, 0.25) is 0 Å². The van der Waals surface area contributed by atoms with Gasteiger partial charge in [0.2, 0.25) is 0 Å². The van der Waals surface area contributed by atoms with Gasteiger partial charge in [0.15, 0.2) is 11.0 Å². The van der Waals surface area contributed by atoms with Crippen molar-refractivity contribution in [2.45, 2.75) is 0 Å². The van der Waals surface area contributed by atoms with E-state index in [1.807, 2.05) is 0 Å². The van der Waals surface area contributed by atoms with E-state index in [1.165, 1.54) is 18.2 Å². The quantitative estimate of drug-likeness (QED) is 0.531. The first-order chi connectivity index (χ1) is 12.7. The molecule has 0 bridgehead atoms. The number of aromatic hydroxyl groups is 1. The van der Waals surface area contributed by atoms with E-state index in [0.717, 1.165) is 12.1 Å². The molecule has 0 saturated carbocycles. The van der Waals surface area contributed by atoms with Crippen molar-refractivity contribution in [1.82, 2.24) is 0 Å². The molecule has 0 spiro atoms. The van der Waals surface area contributed by atoms with Gasteiger partial charge in [0.25, 0.3) is 11.4 Å². The van der Waals surface area contributed by atoms with Crippen LogP contribution in [0, 0.1) is 30.3 Å². The average molecular weight is 373 g/mol. The summed E-state index contributed by atoms with van der Waals surface area (Å²) in [5.74, 6) is -1.46. The normalized spacial score (nSPS) is 10.7. The van der Waals surface area contributed by atoms with Crippen molar-refractivity contribution < 1.29 is 24.3 Å². The molecular weight excluding hydrogens is 366 g/mol. The molecule has 1 aromatic heterocycles. The fraction of sp³-hybridized carbons (Fsp3) is 0. The Morgan fingerprint density at radius 1 is 0.926 bits per heavy atom. The first-order valence-corrected chi connectivity index (χ1v) is 7.08. The summed E-state index contributed by atoms with van der Waals surface area (Å²) in [5.41, 5.74) is -3.82. The molecule has 2 aromatic carbocycles. The third-order valence-corrected chi connectivity index (χ3v) is 3.67. The van der Waals surface area contributed by atoms with Gasteiger partial charge in [0.1, 0.15) is 11.1 Å². The van der Waals surface area contributed by atoms with Gasteiger partial charge in [-0.15, -0.1) is 0 Å². The number of hydrogen-bond donors (Lipinski definition) is 1. The molecule has 0 unspecified atom stereocenters. The predicted octanol–water partition coefficient (Wildman–Crippen LogP) is 2.89. The summed E-state index contributed by atoms with van der Waals surface area (Å²) < 4.78 is 5.36. The molecule has 12 nitrogen and oxygen atoms in total. The highest BCUT2D eigenvalue weighted by Gasteiger charge is 2.31. The summed E-state index contributed by atoms with van der Waals surface area (Å²) in [6, 6.07) is 6.56. The Hall–Kier alpha value is -4.35. The van der Waals surface area contributed by atoms with E-state index in [-0.39, 0.29) is 17.0 Å². The van der Waals surface area contributed by atoms with E-state index in [2.05, 4.69) is 0 Å². The molecule has 1 heterocycles. The van der Waals surface area contributed by atoms with Crippen LogP contribution in [-0.4, -0.2) is 19.9 Å². The van der Waals surface area contributed by atoms with E-state index in [9.17, 15) is 40.2 Å². The molecule has 27 heavy (non-hydrogen) atoms. The van der Waals surface area contributed by atoms with Gasteiger partial charge in [0, 0.05) is 23.8 Å². The highest BCUT2D eigenvalue weighted by Crippen LogP contribution is 2.41. The SMILES string of the molecule is O=c1cc(-c2cccc([N+](=O)[O-])c2)oc2cc([N+](=O)[O-])c(O)c([N+](=O)[O-])c12. The Balaban J connectivity index is 2.38. The summed E-state index contributed by atoms with van der Waals surface area (Å²) >= 11 is 0. The van der Waals surface area contributed by atoms with Crippen molar-refractivity contribution in [2.75, 3.05) is 0 Å². The number of non-ortho nitro benzene ring substituents is 1. The maximum absolute atomic E-state index is 12.4. The van der Waals surface area contributed by atoms with E-state index >= 15 is 0 Å². The van der Waals surface area contributed by atoms with E-state index in [4.69, 9.17) is 4.42 Å². The number of benzene rings is 2. The molecule has 0 radical (unpaired) electrons. The first-order valence-electron chi connectivity index (χ1n) is 7.08. The monoisotopic (exact) mass is 373 g/mol. The Kier molecular flexibility index (Phi) is 4.00. The zero-order chi connectivity index (χ0) is 19.9. The van der Waals surface area contributed by atoms with Crippen molar-refractivity contribution in [3.05, 3.63) is 77.0 Å².